The standard InChI is InChI=1S/C18H26N2O7S/c1-4-26-16(21)15(10-13(2)3)28(24,25)18(23)20-12-19-17(22)27-11-14-8-6-5-7-9-14/h5-9,13,15H,4,10-12H2,1-3H3,(H,19,22)(H,20,23). The fourth-order valence-corrected chi connectivity index (χ4v) is 3.70. The molecule has 0 aliphatic heterocycles. The van der Waals surface area contributed by atoms with E-state index in [1.54, 1.807) is 45.0 Å². The van der Waals surface area contributed by atoms with Crippen molar-refractivity contribution in [1.29, 1.82) is 0 Å². The number of hydrogen-bond donors (Lipinski definition) is 2. The van der Waals surface area contributed by atoms with E-state index in [1.165, 1.54) is 0 Å². The molecule has 0 saturated heterocycles. The van der Waals surface area contributed by atoms with Crippen LogP contribution >= 0.6 is 0 Å². The topological polar surface area (TPSA) is 128 Å². The number of nitrogens with one attached hydrogen (secondary N) is 2. The fraction of sp³-hybridized carbons (Fsp3) is 0.500. The van der Waals surface area contributed by atoms with Gasteiger partial charge in [0.15, 0.2) is 5.25 Å². The highest BCUT2D eigenvalue weighted by atomic mass is 32.2. The third-order valence-electron chi connectivity index (χ3n) is 3.55. The van der Waals surface area contributed by atoms with Crippen molar-refractivity contribution < 1.29 is 32.3 Å². The maximum Gasteiger partial charge on any atom is 0.408 e. The summed E-state index contributed by atoms with van der Waals surface area (Å²) < 4.78 is 34.5. The Kier molecular flexibility index (Phi) is 9.43. The number of hydrogen-bond acceptors (Lipinski definition) is 7. The lowest BCUT2D eigenvalue weighted by molar-refractivity contribution is -0.142. The van der Waals surface area contributed by atoms with E-state index in [2.05, 4.69) is 10.6 Å². The number of carbonyl (C=O) groups excluding carboxylic acids is 3. The maximum atomic E-state index is 12.4. The Morgan fingerprint density at radius 2 is 1.68 bits per heavy atom. The lowest BCUT2D eigenvalue weighted by Gasteiger charge is -2.17. The molecular formula is C18H26N2O7S. The number of esters is 1. The van der Waals surface area contributed by atoms with Gasteiger partial charge in [-0.3, -0.25) is 9.59 Å². The van der Waals surface area contributed by atoms with Crippen molar-refractivity contribution in [2.24, 2.45) is 5.92 Å². The predicted molar refractivity (Wildman–Crippen MR) is 102 cm³/mol. The summed E-state index contributed by atoms with van der Waals surface area (Å²) in [5, 5.41) is 1.31. The summed E-state index contributed by atoms with van der Waals surface area (Å²) in [6.07, 6.45) is -0.883. The van der Waals surface area contributed by atoms with Gasteiger partial charge in [0.05, 0.1) is 13.3 Å². The minimum atomic E-state index is -4.49. The minimum Gasteiger partial charge on any atom is -0.465 e. The molecule has 0 bridgehead atoms. The summed E-state index contributed by atoms with van der Waals surface area (Å²) in [5.74, 6) is -1.12. The molecule has 0 aromatic heterocycles. The molecule has 1 aromatic rings. The van der Waals surface area contributed by atoms with E-state index < -0.39 is 39.1 Å². The predicted octanol–water partition coefficient (Wildman–Crippen LogP) is 1.97. The summed E-state index contributed by atoms with van der Waals surface area (Å²) in [5.41, 5.74) is 0.773. The van der Waals surface area contributed by atoms with E-state index in [0.29, 0.717) is 0 Å². The first-order valence-corrected chi connectivity index (χ1v) is 10.4. The molecule has 0 heterocycles. The van der Waals surface area contributed by atoms with Crippen molar-refractivity contribution in [2.75, 3.05) is 13.3 Å². The molecule has 1 atom stereocenters. The zero-order valence-electron chi connectivity index (χ0n) is 16.1. The van der Waals surface area contributed by atoms with Crippen molar-refractivity contribution in [3.8, 4) is 0 Å². The van der Waals surface area contributed by atoms with Crippen molar-refractivity contribution in [3.63, 3.8) is 0 Å². The normalized spacial score (nSPS) is 12.1. The van der Waals surface area contributed by atoms with Crippen LogP contribution in [0.25, 0.3) is 0 Å². The lowest BCUT2D eigenvalue weighted by Crippen LogP contribution is -2.45. The van der Waals surface area contributed by atoms with E-state index in [0.717, 1.165) is 5.56 Å². The Bertz CT molecular complexity index is 763. The van der Waals surface area contributed by atoms with Crippen LogP contribution in [-0.2, 0) is 30.7 Å². The van der Waals surface area contributed by atoms with Gasteiger partial charge in [0.2, 0.25) is 9.84 Å². The third-order valence-corrected chi connectivity index (χ3v) is 5.34. The van der Waals surface area contributed by atoms with Gasteiger partial charge >= 0.3 is 17.3 Å². The van der Waals surface area contributed by atoms with Crippen molar-refractivity contribution in [2.45, 2.75) is 39.0 Å². The Hall–Kier alpha value is -2.62. The van der Waals surface area contributed by atoms with Crippen LogP contribution in [0.3, 0.4) is 0 Å². The van der Waals surface area contributed by atoms with Gasteiger partial charge in [-0.2, -0.15) is 0 Å². The van der Waals surface area contributed by atoms with Crippen molar-refractivity contribution in [3.05, 3.63) is 35.9 Å². The minimum absolute atomic E-state index is 0.000617. The van der Waals surface area contributed by atoms with E-state index in [1.807, 2.05) is 6.07 Å². The van der Waals surface area contributed by atoms with Gasteiger partial charge in [0.25, 0.3) is 0 Å². The summed E-state index contributed by atoms with van der Waals surface area (Å²) in [7, 11) is -4.49. The van der Waals surface area contributed by atoms with Crippen molar-refractivity contribution >= 4 is 27.1 Å². The quantitative estimate of drug-likeness (QED) is 0.467. The first-order chi connectivity index (χ1) is 13.2. The van der Waals surface area contributed by atoms with E-state index in [4.69, 9.17) is 9.47 Å². The van der Waals surface area contributed by atoms with Gasteiger partial charge in [-0.05, 0) is 24.8 Å². The number of amides is 2. The van der Waals surface area contributed by atoms with Gasteiger partial charge < -0.3 is 20.1 Å². The molecule has 1 unspecified atom stereocenters. The molecular weight excluding hydrogens is 388 g/mol. The highest BCUT2D eigenvalue weighted by Crippen LogP contribution is 2.16. The smallest absolute Gasteiger partial charge is 0.408 e. The van der Waals surface area contributed by atoms with Crippen LogP contribution in [0, 0.1) is 5.92 Å². The second-order valence-corrected chi connectivity index (χ2v) is 8.32. The highest BCUT2D eigenvalue weighted by Gasteiger charge is 2.39. The SMILES string of the molecule is CCOC(=O)C(CC(C)C)S(=O)(=O)C(=O)NCNC(=O)OCc1ccccc1. The fourth-order valence-electron chi connectivity index (χ4n) is 2.21. The van der Waals surface area contributed by atoms with Gasteiger partial charge in [0, 0.05) is 0 Å². The molecule has 1 rings (SSSR count). The summed E-state index contributed by atoms with van der Waals surface area (Å²) in [4.78, 5) is 35.6. The number of alkyl carbamates (subject to hydrolysis) is 1. The molecule has 2 amide bonds. The molecule has 156 valence electrons. The molecule has 0 saturated carbocycles. The summed E-state index contributed by atoms with van der Waals surface area (Å²) in [6.45, 7) is 4.55. The molecule has 0 aliphatic carbocycles. The molecule has 0 radical (unpaired) electrons. The molecule has 9 nitrogen and oxygen atoms in total. The Labute approximate surface area is 164 Å². The van der Waals surface area contributed by atoms with E-state index in [9.17, 15) is 22.8 Å². The molecule has 0 spiro atoms. The van der Waals surface area contributed by atoms with Gasteiger partial charge in [0.1, 0.15) is 6.61 Å². The Morgan fingerprint density at radius 1 is 1.04 bits per heavy atom. The average Bonchev–Trinajstić information content (AvgIpc) is 2.65. The third kappa shape index (κ3) is 7.55. The molecule has 0 fully saturated rings. The molecule has 0 aliphatic rings. The van der Waals surface area contributed by atoms with Crippen LogP contribution in [0.4, 0.5) is 9.59 Å². The van der Waals surface area contributed by atoms with Gasteiger partial charge in [-0.1, -0.05) is 44.2 Å². The molecule has 1 aromatic carbocycles. The van der Waals surface area contributed by atoms with Crippen LogP contribution in [0.15, 0.2) is 30.3 Å². The number of benzene rings is 1. The van der Waals surface area contributed by atoms with Crippen LogP contribution in [0.2, 0.25) is 0 Å². The number of sulfone groups is 1. The average molecular weight is 414 g/mol. The largest absolute Gasteiger partial charge is 0.465 e. The monoisotopic (exact) mass is 414 g/mol. The van der Waals surface area contributed by atoms with Crippen LogP contribution in [0.5, 0.6) is 0 Å². The number of carbonyl (C=O) groups is 3. The summed E-state index contributed by atoms with van der Waals surface area (Å²) in [6, 6.07) is 8.94. The second-order valence-electron chi connectivity index (χ2n) is 6.29. The number of ether oxygens (including phenoxy) is 2. The Morgan fingerprint density at radius 3 is 2.25 bits per heavy atom. The van der Waals surface area contributed by atoms with Crippen LogP contribution in [-0.4, -0.2) is 44.2 Å². The Balaban J connectivity index is 2.56. The molecule has 2 N–H and O–H groups in total. The first kappa shape index (κ1) is 23.4. The van der Waals surface area contributed by atoms with Gasteiger partial charge in [-0.25, -0.2) is 13.2 Å². The summed E-state index contributed by atoms with van der Waals surface area (Å²) >= 11 is 0. The van der Waals surface area contributed by atoms with E-state index in [-0.39, 0.29) is 25.6 Å². The first-order valence-electron chi connectivity index (χ1n) is 8.81. The zero-order chi connectivity index (χ0) is 21.2. The van der Waals surface area contributed by atoms with E-state index >= 15 is 0 Å². The second kappa shape index (κ2) is 11.3. The maximum absolute atomic E-state index is 12.4. The van der Waals surface area contributed by atoms with Crippen molar-refractivity contribution in [1.82, 2.24) is 10.6 Å². The highest BCUT2D eigenvalue weighted by molar-refractivity contribution is 8.07. The lowest BCUT2D eigenvalue weighted by atomic mass is 10.1. The van der Waals surface area contributed by atoms with Gasteiger partial charge in [-0.15, -0.1) is 0 Å². The number of rotatable bonds is 9. The molecule has 28 heavy (non-hydrogen) atoms. The molecule has 10 heteroatoms. The van der Waals surface area contributed by atoms with Crippen LogP contribution < -0.4 is 10.6 Å². The zero-order valence-corrected chi connectivity index (χ0v) is 17.0. The van der Waals surface area contributed by atoms with Crippen LogP contribution in [0.1, 0.15) is 32.8 Å².